The fourth-order valence-electron chi connectivity index (χ4n) is 1.07. The van der Waals surface area contributed by atoms with E-state index >= 15 is 0 Å². The van der Waals surface area contributed by atoms with Gasteiger partial charge in [-0.2, -0.15) is 5.06 Å². The fraction of sp³-hybridized carbons (Fsp3) is 0.273. The Balaban J connectivity index is 2.54. The van der Waals surface area contributed by atoms with Crippen LogP contribution in [-0.4, -0.2) is 24.5 Å². The number of amides is 2. The van der Waals surface area contributed by atoms with Gasteiger partial charge in [0.25, 0.3) is 0 Å². The molecule has 6 nitrogen and oxygen atoms in total. The number of hydrogen-bond acceptors (Lipinski definition) is 4. The third-order valence-corrected chi connectivity index (χ3v) is 1.97. The number of oxime groups is 1. The van der Waals surface area contributed by atoms with Crippen LogP contribution in [0, 0.1) is 6.92 Å². The molecule has 0 saturated heterocycles. The second-order valence-corrected chi connectivity index (χ2v) is 3.33. The zero-order valence-corrected chi connectivity index (χ0v) is 9.79. The molecule has 0 aliphatic rings. The molecule has 0 aliphatic carbocycles. The largest absolute Gasteiger partial charge is 0.398 e. The van der Waals surface area contributed by atoms with Gasteiger partial charge in [0.1, 0.15) is 13.7 Å². The van der Waals surface area contributed by atoms with Gasteiger partial charge in [-0.15, -0.1) is 0 Å². The van der Waals surface area contributed by atoms with Gasteiger partial charge in [0.2, 0.25) is 0 Å². The van der Waals surface area contributed by atoms with Gasteiger partial charge < -0.3 is 10.6 Å². The zero-order valence-electron chi connectivity index (χ0n) is 9.79. The number of aryl methyl sites for hydroxylation is 1. The van der Waals surface area contributed by atoms with Crippen molar-refractivity contribution in [1.82, 2.24) is 5.06 Å². The van der Waals surface area contributed by atoms with Crippen LogP contribution in [-0.2, 0) is 16.3 Å². The minimum atomic E-state index is -0.766. The Morgan fingerprint density at radius 3 is 2.65 bits per heavy atom. The molecule has 1 aromatic carbocycles. The number of urea groups is 1. The van der Waals surface area contributed by atoms with E-state index in [4.69, 9.17) is 10.6 Å². The number of nitrogens with two attached hydrogens (primary N) is 1. The summed E-state index contributed by atoms with van der Waals surface area (Å²) in [4.78, 5) is 20.5. The molecule has 0 bridgehead atoms. The molecule has 2 N–H and O–H groups in total. The summed E-state index contributed by atoms with van der Waals surface area (Å²) in [5, 5.41) is 4.20. The van der Waals surface area contributed by atoms with Gasteiger partial charge >= 0.3 is 6.03 Å². The van der Waals surface area contributed by atoms with Crippen LogP contribution in [0.2, 0.25) is 0 Å². The molecule has 0 radical (unpaired) electrons. The molecule has 0 spiro atoms. The molecule has 92 valence electrons. The molecule has 0 aliphatic heterocycles. The number of carbonyl (C=O) groups excluding carboxylic acids is 1. The summed E-state index contributed by atoms with van der Waals surface area (Å²) in [6.07, 6.45) is 1.07. The third kappa shape index (κ3) is 4.52. The predicted octanol–water partition coefficient (Wildman–Crippen LogP) is 1.40. The van der Waals surface area contributed by atoms with Crippen molar-refractivity contribution in [2.45, 2.75) is 13.5 Å². The van der Waals surface area contributed by atoms with Crippen molar-refractivity contribution in [2.75, 3.05) is 7.11 Å². The number of nitrogens with zero attached hydrogens (tertiary/aromatic N) is 2. The standard InChI is InChI=1S/C11H15N3O3/c1-9-3-5-10(6-4-9)7-17-14(11(12)15)8-13-16-2/h3-6,8H,7H2,1-2H3,(H2,12,15)/b13-8+. The molecule has 0 saturated carbocycles. The van der Waals surface area contributed by atoms with Gasteiger partial charge in [0, 0.05) is 0 Å². The molecule has 0 unspecified atom stereocenters. The van der Waals surface area contributed by atoms with Gasteiger partial charge in [-0.25, -0.2) is 4.79 Å². The average Bonchev–Trinajstić information content (AvgIpc) is 2.31. The molecule has 17 heavy (non-hydrogen) atoms. The number of rotatable bonds is 5. The normalized spacial score (nSPS) is 10.5. The zero-order chi connectivity index (χ0) is 12.7. The first kappa shape index (κ1) is 13.0. The van der Waals surface area contributed by atoms with Crippen molar-refractivity contribution in [2.24, 2.45) is 10.9 Å². The molecule has 2 amide bonds. The van der Waals surface area contributed by atoms with Crippen LogP contribution < -0.4 is 5.73 Å². The Hall–Kier alpha value is -2.08. The average molecular weight is 237 g/mol. The highest BCUT2D eigenvalue weighted by Gasteiger charge is 2.07. The van der Waals surface area contributed by atoms with Crippen LogP contribution in [0.1, 0.15) is 11.1 Å². The molecule has 0 fully saturated rings. The second kappa shape index (κ2) is 6.49. The molecule has 6 heteroatoms. The van der Waals surface area contributed by atoms with Gasteiger partial charge in [0.05, 0.1) is 0 Å². The predicted molar refractivity (Wildman–Crippen MR) is 62.9 cm³/mol. The van der Waals surface area contributed by atoms with Crippen molar-refractivity contribution in [3.05, 3.63) is 35.4 Å². The summed E-state index contributed by atoms with van der Waals surface area (Å²) in [6, 6.07) is 6.95. The summed E-state index contributed by atoms with van der Waals surface area (Å²) < 4.78 is 0. The van der Waals surface area contributed by atoms with E-state index in [0.29, 0.717) is 0 Å². The van der Waals surface area contributed by atoms with E-state index < -0.39 is 6.03 Å². The summed E-state index contributed by atoms with van der Waals surface area (Å²) in [7, 11) is 1.36. The van der Waals surface area contributed by atoms with Crippen LogP contribution in [0.15, 0.2) is 29.4 Å². The van der Waals surface area contributed by atoms with Gasteiger partial charge in [-0.05, 0) is 12.5 Å². The van der Waals surface area contributed by atoms with E-state index in [1.54, 1.807) is 0 Å². The van der Waals surface area contributed by atoms with E-state index in [1.807, 2.05) is 31.2 Å². The van der Waals surface area contributed by atoms with E-state index in [-0.39, 0.29) is 6.61 Å². The lowest BCUT2D eigenvalue weighted by atomic mass is 10.2. The lowest BCUT2D eigenvalue weighted by Crippen LogP contribution is -2.34. The smallest absolute Gasteiger partial charge is 0.344 e. The Kier molecular flexibility index (Phi) is 4.96. The van der Waals surface area contributed by atoms with Crippen molar-refractivity contribution in [3.8, 4) is 0 Å². The summed E-state index contributed by atoms with van der Waals surface area (Å²) in [6.45, 7) is 2.21. The lowest BCUT2D eigenvalue weighted by Gasteiger charge is -2.13. The number of benzene rings is 1. The third-order valence-electron chi connectivity index (χ3n) is 1.97. The Morgan fingerprint density at radius 2 is 2.12 bits per heavy atom. The minimum Gasteiger partial charge on any atom is -0.398 e. The molecular formula is C11H15N3O3. The fourth-order valence-corrected chi connectivity index (χ4v) is 1.07. The van der Waals surface area contributed by atoms with Crippen LogP contribution in [0.5, 0.6) is 0 Å². The van der Waals surface area contributed by atoms with Crippen molar-refractivity contribution >= 4 is 12.4 Å². The number of hydroxylamine groups is 2. The minimum absolute atomic E-state index is 0.221. The van der Waals surface area contributed by atoms with E-state index in [0.717, 1.165) is 22.5 Å². The van der Waals surface area contributed by atoms with Crippen molar-refractivity contribution in [1.29, 1.82) is 0 Å². The molecule has 0 atom stereocenters. The summed E-state index contributed by atoms with van der Waals surface area (Å²) >= 11 is 0. The van der Waals surface area contributed by atoms with Crippen LogP contribution >= 0.6 is 0 Å². The lowest BCUT2D eigenvalue weighted by molar-refractivity contribution is -0.0684. The maximum absolute atomic E-state index is 11.0. The van der Waals surface area contributed by atoms with E-state index in [9.17, 15) is 4.79 Å². The topological polar surface area (TPSA) is 77.2 Å². The SMILES string of the molecule is CO/N=C/N(OCc1ccc(C)cc1)C(N)=O. The first-order valence-corrected chi connectivity index (χ1v) is 4.97. The van der Waals surface area contributed by atoms with Crippen LogP contribution in [0.3, 0.4) is 0 Å². The first-order valence-electron chi connectivity index (χ1n) is 4.97. The van der Waals surface area contributed by atoms with E-state index in [2.05, 4.69) is 9.99 Å². The van der Waals surface area contributed by atoms with E-state index in [1.165, 1.54) is 7.11 Å². The second-order valence-electron chi connectivity index (χ2n) is 3.33. The number of carbonyl (C=O) groups is 1. The van der Waals surface area contributed by atoms with Crippen LogP contribution in [0.25, 0.3) is 0 Å². The molecule has 1 rings (SSSR count). The molecule has 0 heterocycles. The summed E-state index contributed by atoms with van der Waals surface area (Å²) in [5.41, 5.74) is 7.16. The van der Waals surface area contributed by atoms with Gasteiger partial charge in [-0.1, -0.05) is 35.0 Å². The van der Waals surface area contributed by atoms with Gasteiger partial charge in [0.15, 0.2) is 6.34 Å². The highest BCUT2D eigenvalue weighted by atomic mass is 16.7. The first-order chi connectivity index (χ1) is 8.13. The highest BCUT2D eigenvalue weighted by Crippen LogP contribution is 2.05. The molecular weight excluding hydrogens is 222 g/mol. The maximum atomic E-state index is 11.0. The molecule has 1 aromatic rings. The summed E-state index contributed by atoms with van der Waals surface area (Å²) in [5.74, 6) is 0. The quantitative estimate of drug-likeness (QED) is 0.477. The Labute approximate surface area is 99.5 Å². The highest BCUT2D eigenvalue weighted by molar-refractivity contribution is 5.83. The van der Waals surface area contributed by atoms with Crippen LogP contribution in [0.4, 0.5) is 4.79 Å². The molecule has 0 aromatic heterocycles. The van der Waals surface area contributed by atoms with Crippen molar-refractivity contribution in [3.63, 3.8) is 0 Å². The Bertz CT molecular complexity index is 389. The number of hydrogen-bond donors (Lipinski definition) is 1. The Morgan fingerprint density at radius 1 is 1.47 bits per heavy atom. The number of primary amides is 1. The van der Waals surface area contributed by atoms with Crippen molar-refractivity contribution < 1.29 is 14.5 Å². The maximum Gasteiger partial charge on any atom is 0.344 e. The monoisotopic (exact) mass is 237 g/mol. The van der Waals surface area contributed by atoms with Gasteiger partial charge in [-0.3, -0.25) is 4.84 Å².